The summed E-state index contributed by atoms with van der Waals surface area (Å²) in [4.78, 5) is 12.6. The van der Waals surface area contributed by atoms with Gasteiger partial charge < -0.3 is 23.7 Å². The molecule has 6 heteroatoms. The standard InChI is InChI=1S/C21H24O6/c1-6-27-18-11-14(8-10-17(18)23-2)7-9-16(22)15-12-19(24-3)21(26-5)20(13-15)25-4/h7-13H,6H2,1-5H3. The summed E-state index contributed by atoms with van der Waals surface area (Å²) in [6.07, 6.45) is 3.20. The zero-order chi connectivity index (χ0) is 19.8. The summed E-state index contributed by atoms with van der Waals surface area (Å²) in [5, 5.41) is 0. The molecule has 6 nitrogen and oxygen atoms in total. The molecular weight excluding hydrogens is 348 g/mol. The van der Waals surface area contributed by atoms with Gasteiger partial charge in [-0.15, -0.1) is 0 Å². The highest BCUT2D eigenvalue weighted by atomic mass is 16.5. The monoisotopic (exact) mass is 372 g/mol. The Bertz CT molecular complexity index is 800. The van der Waals surface area contributed by atoms with Crippen LogP contribution < -0.4 is 23.7 Å². The molecule has 0 N–H and O–H groups in total. The molecule has 0 bridgehead atoms. The summed E-state index contributed by atoms with van der Waals surface area (Å²) >= 11 is 0. The maximum Gasteiger partial charge on any atom is 0.203 e. The summed E-state index contributed by atoms with van der Waals surface area (Å²) in [6.45, 7) is 2.42. The zero-order valence-electron chi connectivity index (χ0n) is 16.2. The molecule has 0 aliphatic heterocycles. The number of ketones is 1. The highest BCUT2D eigenvalue weighted by molar-refractivity contribution is 6.07. The van der Waals surface area contributed by atoms with Crippen molar-refractivity contribution < 1.29 is 28.5 Å². The van der Waals surface area contributed by atoms with Crippen LogP contribution in [0.1, 0.15) is 22.8 Å². The summed E-state index contributed by atoms with van der Waals surface area (Å²) in [7, 11) is 6.12. The van der Waals surface area contributed by atoms with Crippen LogP contribution in [0.4, 0.5) is 0 Å². The summed E-state index contributed by atoms with van der Waals surface area (Å²) in [6, 6.07) is 8.71. The fourth-order valence-electron chi connectivity index (χ4n) is 2.56. The first-order valence-corrected chi connectivity index (χ1v) is 8.41. The van der Waals surface area contributed by atoms with Crippen molar-refractivity contribution in [2.24, 2.45) is 0 Å². The molecule has 0 atom stereocenters. The normalized spacial score (nSPS) is 10.6. The van der Waals surface area contributed by atoms with E-state index >= 15 is 0 Å². The average Bonchev–Trinajstić information content (AvgIpc) is 2.71. The lowest BCUT2D eigenvalue weighted by Gasteiger charge is -2.13. The number of benzene rings is 2. The lowest BCUT2D eigenvalue weighted by molar-refractivity contribution is 0.104. The molecule has 0 unspecified atom stereocenters. The maximum atomic E-state index is 12.6. The van der Waals surface area contributed by atoms with Crippen LogP contribution in [0, 0.1) is 0 Å². The van der Waals surface area contributed by atoms with E-state index in [1.165, 1.54) is 27.4 Å². The van der Waals surface area contributed by atoms with E-state index in [9.17, 15) is 4.79 Å². The number of methoxy groups -OCH3 is 4. The van der Waals surface area contributed by atoms with Gasteiger partial charge >= 0.3 is 0 Å². The second kappa shape index (κ2) is 9.52. The minimum atomic E-state index is -0.192. The van der Waals surface area contributed by atoms with Gasteiger partial charge in [0.25, 0.3) is 0 Å². The van der Waals surface area contributed by atoms with Crippen LogP contribution in [-0.4, -0.2) is 40.8 Å². The van der Waals surface area contributed by atoms with E-state index in [1.807, 2.05) is 19.1 Å². The number of ether oxygens (including phenoxy) is 5. The third-order valence-corrected chi connectivity index (χ3v) is 3.86. The summed E-state index contributed by atoms with van der Waals surface area (Å²) < 4.78 is 26.7. The van der Waals surface area contributed by atoms with E-state index in [2.05, 4.69) is 0 Å². The molecule has 0 aliphatic carbocycles. The van der Waals surface area contributed by atoms with Crippen molar-refractivity contribution in [3.8, 4) is 28.7 Å². The molecule has 0 spiro atoms. The molecule has 0 aliphatic rings. The molecule has 27 heavy (non-hydrogen) atoms. The lowest BCUT2D eigenvalue weighted by Crippen LogP contribution is -2.00. The molecule has 0 aromatic heterocycles. The van der Waals surface area contributed by atoms with E-state index in [1.54, 1.807) is 31.4 Å². The topological polar surface area (TPSA) is 63.2 Å². The number of carbonyl (C=O) groups is 1. The number of hydrogen-bond acceptors (Lipinski definition) is 6. The Balaban J connectivity index is 2.30. The Morgan fingerprint density at radius 3 is 2.00 bits per heavy atom. The Kier molecular flexibility index (Phi) is 7.11. The van der Waals surface area contributed by atoms with Crippen LogP contribution in [-0.2, 0) is 0 Å². The highest BCUT2D eigenvalue weighted by Crippen LogP contribution is 2.38. The fraction of sp³-hybridized carbons (Fsp3) is 0.286. The maximum absolute atomic E-state index is 12.6. The van der Waals surface area contributed by atoms with E-state index in [0.717, 1.165) is 5.56 Å². The highest BCUT2D eigenvalue weighted by Gasteiger charge is 2.15. The Hall–Kier alpha value is -3.15. The van der Waals surface area contributed by atoms with Crippen LogP contribution in [0.15, 0.2) is 36.4 Å². The van der Waals surface area contributed by atoms with Gasteiger partial charge in [-0.2, -0.15) is 0 Å². The Morgan fingerprint density at radius 2 is 1.48 bits per heavy atom. The minimum absolute atomic E-state index is 0.192. The van der Waals surface area contributed by atoms with E-state index in [0.29, 0.717) is 40.9 Å². The van der Waals surface area contributed by atoms with E-state index in [4.69, 9.17) is 23.7 Å². The third kappa shape index (κ3) is 4.73. The smallest absolute Gasteiger partial charge is 0.203 e. The minimum Gasteiger partial charge on any atom is -0.493 e. The van der Waals surface area contributed by atoms with Crippen molar-refractivity contribution in [1.82, 2.24) is 0 Å². The Labute approximate surface area is 159 Å². The van der Waals surface area contributed by atoms with Gasteiger partial charge in [-0.05, 0) is 42.8 Å². The first kappa shape index (κ1) is 20.2. The molecule has 0 amide bonds. The predicted molar refractivity (Wildman–Crippen MR) is 104 cm³/mol. The molecule has 0 radical (unpaired) electrons. The molecule has 144 valence electrons. The SMILES string of the molecule is CCOc1cc(C=CC(=O)c2cc(OC)c(OC)c(OC)c2)ccc1OC. The van der Waals surface area contributed by atoms with Crippen molar-refractivity contribution in [3.63, 3.8) is 0 Å². The molecule has 0 heterocycles. The van der Waals surface area contributed by atoms with Crippen molar-refractivity contribution in [1.29, 1.82) is 0 Å². The van der Waals surface area contributed by atoms with Crippen LogP contribution in [0.25, 0.3) is 6.08 Å². The van der Waals surface area contributed by atoms with Crippen molar-refractivity contribution in [2.45, 2.75) is 6.92 Å². The second-order valence-corrected chi connectivity index (χ2v) is 5.45. The number of hydrogen-bond donors (Lipinski definition) is 0. The number of carbonyl (C=O) groups excluding carboxylic acids is 1. The van der Waals surface area contributed by atoms with Crippen molar-refractivity contribution >= 4 is 11.9 Å². The second-order valence-electron chi connectivity index (χ2n) is 5.45. The summed E-state index contributed by atoms with van der Waals surface area (Å²) in [5.41, 5.74) is 1.25. The van der Waals surface area contributed by atoms with Crippen molar-refractivity contribution in [3.05, 3.63) is 47.5 Å². The molecule has 0 saturated heterocycles. The van der Waals surface area contributed by atoms with Crippen LogP contribution >= 0.6 is 0 Å². The van der Waals surface area contributed by atoms with Gasteiger partial charge in [-0.3, -0.25) is 4.79 Å². The van der Waals surface area contributed by atoms with Crippen LogP contribution in [0.5, 0.6) is 28.7 Å². The van der Waals surface area contributed by atoms with Gasteiger partial charge in [0.2, 0.25) is 5.75 Å². The van der Waals surface area contributed by atoms with Crippen molar-refractivity contribution in [2.75, 3.05) is 35.0 Å². The van der Waals surface area contributed by atoms with Crippen LogP contribution in [0.2, 0.25) is 0 Å². The Morgan fingerprint density at radius 1 is 0.852 bits per heavy atom. The number of allylic oxidation sites excluding steroid dienone is 1. The largest absolute Gasteiger partial charge is 0.493 e. The molecule has 0 saturated carbocycles. The summed E-state index contributed by atoms with van der Waals surface area (Å²) in [5.74, 6) is 2.38. The molecule has 2 rings (SSSR count). The molecule has 2 aromatic rings. The third-order valence-electron chi connectivity index (χ3n) is 3.86. The zero-order valence-corrected chi connectivity index (χ0v) is 16.2. The van der Waals surface area contributed by atoms with E-state index < -0.39 is 0 Å². The first-order valence-electron chi connectivity index (χ1n) is 8.41. The lowest BCUT2D eigenvalue weighted by atomic mass is 10.1. The predicted octanol–water partition coefficient (Wildman–Crippen LogP) is 4.02. The van der Waals surface area contributed by atoms with Gasteiger partial charge in [0, 0.05) is 5.56 Å². The van der Waals surface area contributed by atoms with E-state index in [-0.39, 0.29) is 5.78 Å². The first-order chi connectivity index (χ1) is 13.1. The molecule has 0 fully saturated rings. The van der Waals surface area contributed by atoms with Gasteiger partial charge in [-0.25, -0.2) is 0 Å². The average molecular weight is 372 g/mol. The quantitative estimate of drug-likeness (QED) is 0.489. The molecular formula is C21H24O6. The fourth-order valence-corrected chi connectivity index (χ4v) is 2.56. The van der Waals surface area contributed by atoms with Gasteiger partial charge in [0.15, 0.2) is 28.8 Å². The van der Waals surface area contributed by atoms with Gasteiger partial charge in [0.1, 0.15) is 0 Å². The van der Waals surface area contributed by atoms with Gasteiger partial charge in [-0.1, -0.05) is 12.1 Å². The van der Waals surface area contributed by atoms with Gasteiger partial charge in [0.05, 0.1) is 35.0 Å². The number of rotatable bonds is 9. The van der Waals surface area contributed by atoms with Crippen LogP contribution in [0.3, 0.4) is 0 Å². The molecule has 2 aromatic carbocycles.